The third-order valence-corrected chi connectivity index (χ3v) is 7.43. The number of hydrogen-bond donors (Lipinski definition) is 0. The first-order chi connectivity index (χ1) is 13.1. The number of halogens is 3. The number of thiophene rings is 2. The minimum absolute atomic E-state index is 0.0340. The van der Waals surface area contributed by atoms with Crippen LogP contribution in [0.1, 0.15) is 15.2 Å². The third kappa shape index (κ3) is 5.24. The lowest BCUT2D eigenvalue weighted by Crippen LogP contribution is -2.11. The van der Waals surface area contributed by atoms with Crippen LogP contribution in [0.4, 0.5) is 4.39 Å². The molecule has 2 aromatic heterocycles. The van der Waals surface area contributed by atoms with E-state index in [-0.39, 0.29) is 24.7 Å². The van der Waals surface area contributed by atoms with Gasteiger partial charge in [-0.25, -0.2) is 19.0 Å². The minimum Gasteiger partial charge on any atom is -0.459 e. The number of fused-ring (bicyclic) bond motifs is 1. The highest BCUT2D eigenvalue weighted by molar-refractivity contribution is 9.12. The van der Waals surface area contributed by atoms with Crippen molar-refractivity contribution in [3.63, 3.8) is 0 Å². The number of ether oxygens (including phenoxy) is 1. The Morgan fingerprint density at radius 2 is 1.85 bits per heavy atom. The Kier molecular flexibility index (Phi) is 7.57. The van der Waals surface area contributed by atoms with E-state index < -0.39 is 11.8 Å². The van der Waals surface area contributed by atoms with Crippen molar-refractivity contribution >= 4 is 76.7 Å². The van der Waals surface area contributed by atoms with Crippen molar-refractivity contribution in [2.75, 3.05) is 19.8 Å². The second kappa shape index (κ2) is 9.90. The van der Waals surface area contributed by atoms with Crippen molar-refractivity contribution in [3.05, 3.63) is 60.2 Å². The molecular formula is C18H13Br2FO4S2. The number of benzene rings is 1. The molecular weight excluding hydrogens is 523 g/mol. The molecule has 0 atom stereocenters. The van der Waals surface area contributed by atoms with Gasteiger partial charge in [0.25, 0.3) is 0 Å². The molecule has 0 radical (unpaired) electrons. The van der Waals surface area contributed by atoms with Gasteiger partial charge in [-0.2, -0.15) is 0 Å². The van der Waals surface area contributed by atoms with Gasteiger partial charge in [0, 0.05) is 0 Å². The molecule has 4 nitrogen and oxygen atoms in total. The Hall–Kier alpha value is -1.10. The fourth-order valence-electron chi connectivity index (χ4n) is 2.16. The van der Waals surface area contributed by atoms with E-state index in [1.165, 1.54) is 11.3 Å². The topological polar surface area (TPSA) is 44.8 Å². The summed E-state index contributed by atoms with van der Waals surface area (Å²) in [6.45, 7) is 0.285. The predicted octanol–water partition coefficient (Wildman–Crippen LogP) is 6.45. The van der Waals surface area contributed by atoms with Crippen LogP contribution in [0.5, 0.6) is 0 Å². The van der Waals surface area contributed by atoms with Crippen LogP contribution < -0.4 is 0 Å². The van der Waals surface area contributed by atoms with Gasteiger partial charge in [-0.1, -0.05) is 42.5 Å². The van der Waals surface area contributed by atoms with E-state index in [1.54, 1.807) is 0 Å². The van der Waals surface area contributed by atoms with E-state index >= 15 is 0 Å². The summed E-state index contributed by atoms with van der Waals surface area (Å²) in [5.41, 5.74) is 1.06. The van der Waals surface area contributed by atoms with E-state index in [0.29, 0.717) is 13.9 Å². The van der Waals surface area contributed by atoms with Crippen LogP contribution in [0.25, 0.3) is 16.2 Å². The molecule has 1 aromatic carbocycles. The van der Waals surface area contributed by atoms with Gasteiger partial charge in [-0.3, -0.25) is 0 Å². The maximum atomic E-state index is 14.4. The smallest absolute Gasteiger partial charge is 0.351 e. The monoisotopic (exact) mass is 534 g/mol. The van der Waals surface area contributed by atoms with Crippen LogP contribution in [-0.2, 0) is 14.5 Å². The molecule has 0 unspecified atom stereocenters. The first-order valence-electron chi connectivity index (χ1n) is 7.77. The van der Waals surface area contributed by atoms with Crippen LogP contribution in [-0.4, -0.2) is 25.8 Å². The molecule has 0 bridgehead atoms. The minimum atomic E-state index is -0.718. The van der Waals surface area contributed by atoms with Crippen molar-refractivity contribution in [1.82, 2.24) is 0 Å². The normalized spacial score (nSPS) is 11.5. The molecule has 0 saturated heterocycles. The Morgan fingerprint density at radius 3 is 2.59 bits per heavy atom. The van der Waals surface area contributed by atoms with Gasteiger partial charge in [-0.15, -0.1) is 22.7 Å². The first-order valence-corrected chi connectivity index (χ1v) is 11.0. The molecule has 0 aliphatic carbocycles. The van der Waals surface area contributed by atoms with Crippen molar-refractivity contribution < 1.29 is 23.7 Å². The summed E-state index contributed by atoms with van der Waals surface area (Å²) >= 11 is 9.08. The van der Waals surface area contributed by atoms with Gasteiger partial charge in [-0.05, 0) is 37.4 Å². The summed E-state index contributed by atoms with van der Waals surface area (Å²) in [5, 5.41) is 0.397. The highest BCUT2D eigenvalue weighted by Crippen LogP contribution is 2.45. The maximum absolute atomic E-state index is 14.4. The van der Waals surface area contributed by atoms with Crippen molar-refractivity contribution in [1.29, 1.82) is 0 Å². The number of carbonyl (C=O) groups excluding carboxylic acids is 1. The summed E-state index contributed by atoms with van der Waals surface area (Å²) in [6, 6.07) is 9.79. The lowest BCUT2D eigenvalue weighted by atomic mass is 10.2. The highest BCUT2D eigenvalue weighted by atomic mass is 79.9. The predicted molar refractivity (Wildman–Crippen MR) is 113 cm³/mol. The van der Waals surface area contributed by atoms with Gasteiger partial charge in [0.15, 0.2) is 5.82 Å². The molecule has 0 aliphatic rings. The SMILES string of the molecule is O=C(OCCOOC/C=C\c1ccccc1)c1sc2c(Br)sc(Br)c2c1F. The summed E-state index contributed by atoms with van der Waals surface area (Å²) in [4.78, 5) is 21.9. The van der Waals surface area contributed by atoms with E-state index in [2.05, 4.69) is 31.9 Å². The van der Waals surface area contributed by atoms with Gasteiger partial charge in [0.05, 0.1) is 17.7 Å². The van der Waals surface area contributed by atoms with Crippen LogP contribution in [0.15, 0.2) is 44.0 Å². The standard InChI is InChI=1S/C18H13Br2FO4S2/c19-16-12-13(21)15(26-14(12)17(20)27-16)18(22)23-9-10-25-24-8-4-7-11-5-2-1-3-6-11/h1-7H,8-10H2/b7-4-. The maximum Gasteiger partial charge on any atom is 0.351 e. The molecule has 9 heteroatoms. The van der Waals surface area contributed by atoms with Gasteiger partial charge in [0.2, 0.25) is 0 Å². The summed E-state index contributed by atoms with van der Waals surface area (Å²) in [6.07, 6.45) is 3.72. The molecule has 27 heavy (non-hydrogen) atoms. The lowest BCUT2D eigenvalue weighted by molar-refractivity contribution is -0.289. The second-order valence-corrected chi connectivity index (χ2v) is 9.83. The Morgan fingerprint density at radius 1 is 1.07 bits per heavy atom. The zero-order valence-electron chi connectivity index (χ0n) is 13.7. The van der Waals surface area contributed by atoms with Crippen LogP contribution in [0.3, 0.4) is 0 Å². The number of rotatable bonds is 8. The van der Waals surface area contributed by atoms with Gasteiger partial charge < -0.3 is 4.74 Å². The number of hydrogen-bond acceptors (Lipinski definition) is 6. The van der Waals surface area contributed by atoms with Crippen LogP contribution >= 0.6 is 54.5 Å². The van der Waals surface area contributed by atoms with E-state index in [4.69, 9.17) is 14.5 Å². The van der Waals surface area contributed by atoms with E-state index in [9.17, 15) is 9.18 Å². The molecule has 3 rings (SSSR count). The fraction of sp³-hybridized carbons (Fsp3) is 0.167. The largest absolute Gasteiger partial charge is 0.459 e. The summed E-state index contributed by atoms with van der Waals surface area (Å²) < 4.78 is 21.5. The van der Waals surface area contributed by atoms with E-state index in [0.717, 1.165) is 20.7 Å². The van der Waals surface area contributed by atoms with Crippen molar-refractivity contribution in [2.45, 2.75) is 0 Å². The number of esters is 1. The Labute approximate surface area is 179 Å². The van der Waals surface area contributed by atoms with Crippen LogP contribution in [0, 0.1) is 5.82 Å². The summed E-state index contributed by atoms with van der Waals surface area (Å²) in [5.74, 6) is -1.29. The molecule has 2 heterocycles. The summed E-state index contributed by atoms with van der Waals surface area (Å²) in [7, 11) is 0. The average Bonchev–Trinajstić information content (AvgIpc) is 3.15. The number of carbonyl (C=O) groups is 1. The average molecular weight is 536 g/mol. The molecule has 0 fully saturated rings. The zero-order chi connectivity index (χ0) is 19.2. The molecule has 0 saturated carbocycles. The molecule has 142 valence electrons. The fourth-order valence-corrected chi connectivity index (χ4v) is 6.60. The van der Waals surface area contributed by atoms with Gasteiger partial charge in [0.1, 0.15) is 24.7 Å². The Balaban J connectivity index is 1.39. The van der Waals surface area contributed by atoms with Crippen molar-refractivity contribution in [3.8, 4) is 0 Å². The highest BCUT2D eigenvalue weighted by Gasteiger charge is 2.24. The molecule has 0 N–H and O–H groups in total. The third-order valence-electron chi connectivity index (χ3n) is 3.35. The van der Waals surface area contributed by atoms with E-state index in [1.807, 2.05) is 42.5 Å². The molecule has 0 amide bonds. The van der Waals surface area contributed by atoms with Crippen LogP contribution in [0.2, 0.25) is 0 Å². The zero-order valence-corrected chi connectivity index (χ0v) is 18.6. The lowest BCUT2D eigenvalue weighted by Gasteiger charge is -2.04. The molecule has 0 spiro atoms. The molecule has 0 aliphatic heterocycles. The first kappa shape index (κ1) is 20.6. The van der Waals surface area contributed by atoms with Crippen molar-refractivity contribution in [2.24, 2.45) is 0 Å². The van der Waals surface area contributed by atoms with Gasteiger partial charge >= 0.3 is 5.97 Å². The molecule has 3 aromatic rings. The second-order valence-electron chi connectivity index (χ2n) is 5.15. The Bertz CT molecular complexity index is 953. The quantitative estimate of drug-likeness (QED) is 0.144.